The van der Waals surface area contributed by atoms with Crippen LogP contribution in [-0.2, 0) is 26.5 Å². The standard InChI is InChI=1S/C28H23BNO2.C19H16N.Ir/c1-28(2,3)17-18-14-15-30-22(16-18)19-12-13-25-26-27(19)32-24-11-7-5-9-21(24)29(26)20-8-4-6-10-23(20)31-25;1-14-8-10-17(11-9-14)19-12-18(15(2)13-20-19)16-6-4-3-5-7-16;/h4-11,13-16H,17H2,1-3H3;3-10,12-13H,1-2H3;/q2*-1;/i17D2;1D3,2D3;. The smallest absolute Gasteiger partial charge is 0.239 e. The minimum absolute atomic E-state index is 0. The number of fused-ring (bicyclic) bond motifs is 4. The first-order valence-electron chi connectivity index (χ1n) is 21.1. The molecule has 6 heteroatoms. The van der Waals surface area contributed by atoms with Crippen LogP contribution >= 0.6 is 0 Å². The van der Waals surface area contributed by atoms with E-state index in [1.54, 1.807) is 24.4 Å². The number of aryl methyl sites for hydroxylation is 2. The molecule has 1 radical (unpaired) electrons. The second kappa shape index (κ2) is 15.0. The van der Waals surface area contributed by atoms with Crippen LogP contribution in [0.25, 0.3) is 33.6 Å². The Morgan fingerprint density at radius 3 is 2.17 bits per heavy atom. The molecular formula is C47H39BIrN2O2-2. The van der Waals surface area contributed by atoms with Crippen molar-refractivity contribution in [2.45, 2.75) is 40.8 Å². The van der Waals surface area contributed by atoms with E-state index in [1.807, 2.05) is 99.6 Å². The zero-order valence-electron chi connectivity index (χ0n) is 37.3. The van der Waals surface area contributed by atoms with Gasteiger partial charge in [-0.2, -0.15) is 0 Å². The van der Waals surface area contributed by atoms with Crippen molar-refractivity contribution in [2.24, 2.45) is 5.41 Å². The van der Waals surface area contributed by atoms with Crippen molar-refractivity contribution in [1.82, 2.24) is 9.97 Å². The van der Waals surface area contributed by atoms with Crippen molar-refractivity contribution in [3.8, 4) is 56.6 Å². The van der Waals surface area contributed by atoms with Gasteiger partial charge in [0.15, 0.2) is 0 Å². The Morgan fingerprint density at radius 2 is 1.47 bits per heavy atom. The van der Waals surface area contributed by atoms with E-state index in [4.69, 9.17) is 20.4 Å². The molecular weight excluding hydrogens is 828 g/mol. The van der Waals surface area contributed by atoms with Crippen LogP contribution < -0.4 is 25.9 Å². The molecule has 7 aromatic rings. The Labute approximate surface area is 338 Å². The fraction of sp³-hybridized carbons (Fsp3) is 0.149. The molecule has 0 fully saturated rings. The van der Waals surface area contributed by atoms with Gasteiger partial charge in [-0.25, -0.2) is 0 Å². The monoisotopic (exact) mass is 875 g/mol. The van der Waals surface area contributed by atoms with E-state index in [9.17, 15) is 0 Å². The maximum atomic E-state index is 8.73. The van der Waals surface area contributed by atoms with Crippen molar-refractivity contribution in [3.63, 3.8) is 0 Å². The summed E-state index contributed by atoms with van der Waals surface area (Å²) in [4.78, 5) is 8.85. The minimum Gasteiger partial charge on any atom is -0.503 e. The fourth-order valence-corrected chi connectivity index (χ4v) is 6.63. The predicted molar refractivity (Wildman–Crippen MR) is 213 cm³/mol. The maximum Gasteiger partial charge on any atom is 0.239 e. The second-order valence-corrected chi connectivity index (χ2v) is 13.8. The topological polar surface area (TPSA) is 44.2 Å². The van der Waals surface area contributed by atoms with Crippen molar-refractivity contribution < 1.29 is 40.5 Å². The number of ether oxygens (including phenoxy) is 2. The molecule has 0 aliphatic carbocycles. The number of pyridine rings is 2. The van der Waals surface area contributed by atoms with E-state index in [0.29, 0.717) is 39.4 Å². The van der Waals surface area contributed by atoms with Crippen molar-refractivity contribution in [3.05, 3.63) is 163 Å². The van der Waals surface area contributed by atoms with Gasteiger partial charge in [0.1, 0.15) is 11.5 Å². The Hall–Kier alpha value is -5.29. The summed E-state index contributed by atoms with van der Waals surface area (Å²) >= 11 is 0. The minimum atomic E-state index is -2.29. The van der Waals surface area contributed by atoms with Gasteiger partial charge in [0.25, 0.3) is 0 Å². The summed E-state index contributed by atoms with van der Waals surface area (Å²) in [5.74, 6) is 3.02. The van der Waals surface area contributed by atoms with Gasteiger partial charge >= 0.3 is 0 Å². The normalized spacial score (nSPS) is 15.0. The van der Waals surface area contributed by atoms with Crippen LogP contribution in [0.2, 0.25) is 0 Å². The van der Waals surface area contributed by atoms with Crippen molar-refractivity contribution in [1.29, 1.82) is 0 Å². The van der Waals surface area contributed by atoms with E-state index in [0.717, 1.165) is 39.2 Å². The summed E-state index contributed by atoms with van der Waals surface area (Å²) < 4.78 is 75.7. The maximum absolute atomic E-state index is 8.73. The molecule has 0 amide bonds. The molecule has 0 saturated heterocycles. The zero-order valence-corrected chi connectivity index (χ0v) is 31.7. The molecule has 4 nitrogen and oxygen atoms in total. The Kier molecular flexibility index (Phi) is 7.73. The van der Waals surface area contributed by atoms with Crippen LogP contribution in [-0.4, -0.2) is 16.7 Å². The average molecular weight is 875 g/mol. The summed E-state index contributed by atoms with van der Waals surface area (Å²) in [7, 11) is 0. The van der Waals surface area contributed by atoms with Crippen LogP contribution in [0, 0.1) is 31.3 Å². The summed E-state index contributed by atoms with van der Waals surface area (Å²) in [6.45, 7) is 1.20. The SMILES string of the molecule is [2H]C([2H])([2H])c1c[c-]c(-c2cc(-c3ccccc3)c(C([2H])([2H])[2H])cn2)cc1.[2H]C([2H])(c1ccnc(-c2[c-]cc3c4c2Oc2ccccc2B4c2ccccc2O3)c1)C(C)(C)C.[Ir]. The molecule has 0 unspecified atom stereocenters. The van der Waals surface area contributed by atoms with E-state index >= 15 is 0 Å². The van der Waals surface area contributed by atoms with Gasteiger partial charge < -0.3 is 19.4 Å². The molecule has 2 aliphatic rings. The number of benzene rings is 5. The molecule has 0 spiro atoms. The number of hydrogen-bond acceptors (Lipinski definition) is 4. The Balaban J connectivity index is 0.000000188. The summed E-state index contributed by atoms with van der Waals surface area (Å²) in [6.07, 6.45) is 1.48. The number of para-hydroxylation sites is 2. The van der Waals surface area contributed by atoms with E-state index in [-0.39, 0.29) is 37.9 Å². The van der Waals surface area contributed by atoms with E-state index in [2.05, 4.69) is 34.2 Å². The van der Waals surface area contributed by atoms with Crippen LogP contribution in [0.3, 0.4) is 0 Å². The van der Waals surface area contributed by atoms with E-state index < -0.39 is 25.5 Å². The van der Waals surface area contributed by atoms with Crippen molar-refractivity contribution in [2.75, 3.05) is 0 Å². The van der Waals surface area contributed by atoms with Gasteiger partial charge in [-0.1, -0.05) is 123 Å². The first kappa shape index (κ1) is 27.3. The third-order valence-electron chi connectivity index (χ3n) is 8.88. The summed E-state index contributed by atoms with van der Waals surface area (Å²) in [5, 5.41) is 0. The number of hydrogen-bond donors (Lipinski definition) is 0. The molecule has 0 saturated carbocycles. The number of rotatable bonds is 4. The third kappa shape index (κ3) is 7.48. The van der Waals surface area contributed by atoms with Crippen LogP contribution in [0.4, 0.5) is 0 Å². The quantitative estimate of drug-likeness (QED) is 0.131. The molecule has 4 heterocycles. The van der Waals surface area contributed by atoms with Gasteiger partial charge in [0, 0.05) is 55.0 Å². The zero-order chi connectivity index (χ0) is 42.6. The van der Waals surface area contributed by atoms with Crippen LogP contribution in [0.15, 0.2) is 134 Å². The molecule has 0 N–H and O–H groups in total. The third-order valence-corrected chi connectivity index (χ3v) is 8.88. The first-order valence-corrected chi connectivity index (χ1v) is 17.1. The van der Waals surface area contributed by atoms with Gasteiger partial charge in [0.05, 0.1) is 0 Å². The van der Waals surface area contributed by atoms with Crippen LogP contribution in [0.1, 0.15) is 48.4 Å². The molecule has 5 aromatic carbocycles. The van der Waals surface area contributed by atoms with E-state index in [1.165, 1.54) is 18.3 Å². The molecule has 0 atom stereocenters. The van der Waals surface area contributed by atoms with Gasteiger partial charge in [-0.3, -0.25) is 0 Å². The largest absolute Gasteiger partial charge is 0.503 e. The van der Waals surface area contributed by atoms with Crippen LogP contribution in [0.5, 0.6) is 23.0 Å². The Morgan fingerprint density at radius 1 is 0.736 bits per heavy atom. The fourth-order valence-electron chi connectivity index (χ4n) is 6.63. The van der Waals surface area contributed by atoms with Crippen molar-refractivity contribution >= 4 is 23.1 Å². The molecule has 263 valence electrons. The van der Waals surface area contributed by atoms with Gasteiger partial charge in [-0.15, -0.1) is 47.5 Å². The molecule has 53 heavy (non-hydrogen) atoms. The number of aromatic nitrogens is 2. The number of nitrogens with zero attached hydrogens (tertiary/aromatic N) is 2. The average Bonchev–Trinajstić information content (AvgIpc) is 3.23. The first-order chi connectivity index (χ1) is 28.4. The molecule has 2 aromatic heterocycles. The Bertz CT molecular complexity index is 2710. The molecule has 2 aliphatic heterocycles. The molecule has 0 bridgehead atoms. The summed E-state index contributed by atoms with van der Waals surface area (Å²) in [6, 6.07) is 43.4. The molecule has 9 rings (SSSR count). The van der Waals surface area contributed by atoms with Gasteiger partial charge in [0.2, 0.25) is 6.71 Å². The second-order valence-electron chi connectivity index (χ2n) is 13.8. The summed E-state index contributed by atoms with van der Waals surface area (Å²) in [5.41, 5.74) is 7.34. The van der Waals surface area contributed by atoms with Gasteiger partial charge in [-0.05, 0) is 75.8 Å². The predicted octanol–water partition coefficient (Wildman–Crippen LogP) is 9.70.